The Morgan fingerprint density at radius 3 is 2.79 bits per heavy atom. The van der Waals surface area contributed by atoms with Crippen molar-refractivity contribution in [2.75, 3.05) is 34.0 Å². The highest BCUT2D eigenvalue weighted by molar-refractivity contribution is 5.29. The molecule has 106 valence electrons. The Kier molecular flexibility index (Phi) is 5.83. The minimum absolute atomic E-state index is 0.261. The maximum atomic E-state index is 5.63. The largest absolute Gasteiger partial charge is 0.382 e. The van der Waals surface area contributed by atoms with Gasteiger partial charge in [-0.05, 0) is 36.9 Å². The number of ether oxygens (including phenoxy) is 2. The van der Waals surface area contributed by atoms with Crippen LogP contribution in [0.5, 0.6) is 0 Å². The topological polar surface area (TPSA) is 30.5 Å². The third kappa shape index (κ3) is 4.03. The van der Waals surface area contributed by atoms with E-state index in [1.165, 1.54) is 30.4 Å². The lowest BCUT2D eigenvalue weighted by Gasteiger charge is -2.27. The monoisotopic (exact) mass is 263 g/mol. The summed E-state index contributed by atoms with van der Waals surface area (Å²) < 4.78 is 10.6. The van der Waals surface area contributed by atoms with Gasteiger partial charge in [0.05, 0.1) is 25.9 Å². The van der Waals surface area contributed by atoms with E-state index < -0.39 is 0 Å². The fourth-order valence-corrected chi connectivity index (χ4v) is 2.46. The van der Waals surface area contributed by atoms with Crippen molar-refractivity contribution < 1.29 is 9.47 Å². The number of hydrogen-bond donors (Lipinski definition) is 1. The van der Waals surface area contributed by atoms with Crippen molar-refractivity contribution in [3.8, 4) is 0 Å². The van der Waals surface area contributed by atoms with Crippen LogP contribution in [0.25, 0.3) is 0 Å². The van der Waals surface area contributed by atoms with E-state index in [-0.39, 0.29) is 6.04 Å². The van der Waals surface area contributed by atoms with Crippen molar-refractivity contribution >= 4 is 0 Å². The maximum absolute atomic E-state index is 5.63. The number of nitrogens with one attached hydrogen (secondary N) is 1. The molecule has 3 heteroatoms. The second kappa shape index (κ2) is 7.63. The smallest absolute Gasteiger partial charge is 0.0701 e. The molecule has 0 radical (unpaired) electrons. The highest BCUT2D eigenvalue weighted by Gasteiger charge is 2.20. The van der Waals surface area contributed by atoms with Gasteiger partial charge in [-0.3, -0.25) is 0 Å². The molecule has 0 aliphatic heterocycles. The second-order valence-corrected chi connectivity index (χ2v) is 5.21. The highest BCUT2D eigenvalue weighted by atomic mass is 16.5. The van der Waals surface area contributed by atoms with Crippen molar-refractivity contribution in [3.05, 3.63) is 35.4 Å². The van der Waals surface area contributed by atoms with Crippen molar-refractivity contribution in [2.24, 2.45) is 0 Å². The van der Waals surface area contributed by atoms with Crippen LogP contribution >= 0.6 is 0 Å². The average molecular weight is 263 g/mol. The van der Waals surface area contributed by atoms with Crippen LogP contribution in [0.2, 0.25) is 0 Å². The summed E-state index contributed by atoms with van der Waals surface area (Å²) in [5.41, 5.74) is 2.81. The molecular weight excluding hydrogens is 238 g/mol. The zero-order valence-corrected chi connectivity index (χ0v) is 12.0. The highest BCUT2D eigenvalue weighted by Crippen LogP contribution is 2.36. The SMILES string of the molecule is CNC(COCCOC)c1cccc(C2CCC2)c1. The van der Waals surface area contributed by atoms with E-state index in [1.807, 2.05) is 7.05 Å². The number of hydrogen-bond acceptors (Lipinski definition) is 3. The van der Waals surface area contributed by atoms with Crippen molar-refractivity contribution in [1.82, 2.24) is 5.32 Å². The predicted octanol–water partition coefficient (Wildman–Crippen LogP) is 2.88. The zero-order chi connectivity index (χ0) is 13.5. The van der Waals surface area contributed by atoms with E-state index in [2.05, 4.69) is 29.6 Å². The first kappa shape index (κ1) is 14.5. The quantitative estimate of drug-likeness (QED) is 0.732. The van der Waals surface area contributed by atoms with E-state index in [1.54, 1.807) is 7.11 Å². The van der Waals surface area contributed by atoms with Crippen molar-refractivity contribution in [2.45, 2.75) is 31.2 Å². The van der Waals surface area contributed by atoms with Crippen LogP contribution in [-0.2, 0) is 9.47 Å². The van der Waals surface area contributed by atoms with E-state index >= 15 is 0 Å². The molecule has 2 rings (SSSR count). The maximum Gasteiger partial charge on any atom is 0.0701 e. The summed E-state index contributed by atoms with van der Waals surface area (Å²) >= 11 is 0. The molecule has 3 nitrogen and oxygen atoms in total. The Bertz CT molecular complexity index is 377. The molecule has 0 amide bonds. The summed E-state index contributed by atoms with van der Waals surface area (Å²) in [5, 5.41) is 3.33. The summed E-state index contributed by atoms with van der Waals surface area (Å²) in [6.45, 7) is 1.99. The van der Waals surface area contributed by atoms with Gasteiger partial charge in [0, 0.05) is 7.11 Å². The Labute approximate surface area is 116 Å². The van der Waals surface area contributed by atoms with E-state index in [0.29, 0.717) is 19.8 Å². The van der Waals surface area contributed by atoms with E-state index in [4.69, 9.17) is 9.47 Å². The molecule has 1 N–H and O–H groups in total. The molecule has 19 heavy (non-hydrogen) atoms. The van der Waals surface area contributed by atoms with Crippen molar-refractivity contribution in [3.63, 3.8) is 0 Å². The zero-order valence-electron chi connectivity index (χ0n) is 12.0. The molecule has 1 saturated carbocycles. The summed E-state index contributed by atoms with van der Waals surface area (Å²) in [5.74, 6) is 0.784. The molecule has 1 aromatic rings. The average Bonchev–Trinajstić information content (AvgIpc) is 2.37. The van der Waals surface area contributed by atoms with Gasteiger partial charge in [-0.15, -0.1) is 0 Å². The van der Waals surface area contributed by atoms with E-state index in [0.717, 1.165) is 5.92 Å². The molecule has 0 aromatic heterocycles. The number of methoxy groups -OCH3 is 1. The molecule has 0 bridgehead atoms. The molecule has 1 unspecified atom stereocenters. The van der Waals surface area contributed by atoms with Crippen LogP contribution in [0.15, 0.2) is 24.3 Å². The standard InChI is InChI=1S/C16H25NO2/c1-17-16(12-19-10-9-18-2)15-8-4-7-14(11-15)13-5-3-6-13/h4,7-8,11,13,16-17H,3,5-6,9-10,12H2,1-2H3. The first-order valence-corrected chi connectivity index (χ1v) is 7.19. The summed E-state index contributed by atoms with van der Waals surface area (Å²) in [7, 11) is 3.68. The normalized spacial score (nSPS) is 17.2. The molecule has 1 aromatic carbocycles. The van der Waals surface area contributed by atoms with Gasteiger partial charge < -0.3 is 14.8 Å². The lowest BCUT2D eigenvalue weighted by atomic mass is 9.79. The Hall–Kier alpha value is -0.900. The Morgan fingerprint density at radius 2 is 2.16 bits per heavy atom. The third-order valence-corrected chi connectivity index (χ3v) is 3.95. The number of likely N-dealkylation sites (N-methyl/N-ethyl adjacent to an activating group) is 1. The minimum atomic E-state index is 0.261. The van der Waals surface area contributed by atoms with Crippen LogP contribution in [0, 0.1) is 0 Å². The molecule has 1 fully saturated rings. The lowest BCUT2D eigenvalue weighted by Crippen LogP contribution is -2.23. The lowest BCUT2D eigenvalue weighted by molar-refractivity contribution is 0.0596. The van der Waals surface area contributed by atoms with Crippen LogP contribution < -0.4 is 5.32 Å². The van der Waals surface area contributed by atoms with Crippen molar-refractivity contribution in [1.29, 1.82) is 0 Å². The molecule has 1 aliphatic rings. The predicted molar refractivity (Wildman–Crippen MR) is 77.5 cm³/mol. The molecule has 0 saturated heterocycles. The second-order valence-electron chi connectivity index (χ2n) is 5.21. The van der Waals surface area contributed by atoms with E-state index in [9.17, 15) is 0 Å². The molecular formula is C16H25NO2. The Balaban J connectivity index is 1.93. The van der Waals surface area contributed by atoms with Gasteiger partial charge in [-0.2, -0.15) is 0 Å². The first-order valence-electron chi connectivity index (χ1n) is 7.19. The molecule has 1 aliphatic carbocycles. The molecule has 0 heterocycles. The summed E-state index contributed by atoms with van der Waals surface area (Å²) in [6, 6.07) is 9.21. The number of benzene rings is 1. The van der Waals surface area contributed by atoms with Gasteiger partial charge in [0.25, 0.3) is 0 Å². The van der Waals surface area contributed by atoms with Crippen LogP contribution in [0.4, 0.5) is 0 Å². The van der Waals surface area contributed by atoms with Gasteiger partial charge in [0.15, 0.2) is 0 Å². The van der Waals surface area contributed by atoms with Gasteiger partial charge in [-0.25, -0.2) is 0 Å². The minimum Gasteiger partial charge on any atom is -0.382 e. The fraction of sp³-hybridized carbons (Fsp3) is 0.625. The molecule has 0 spiro atoms. The van der Waals surface area contributed by atoms with Crippen LogP contribution in [-0.4, -0.2) is 34.0 Å². The molecule has 1 atom stereocenters. The Morgan fingerprint density at radius 1 is 1.32 bits per heavy atom. The van der Waals surface area contributed by atoms with Gasteiger partial charge in [0.1, 0.15) is 0 Å². The van der Waals surface area contributed by atoms with Gasteiger partial charge in [-0.1, -0.05) is 30.7 Å². The van der Waals surface area contributed by atoms with Gasteiger partial charge in [0.2, 0.25) is 0 Å². The van der Waals surface area contributed by atoms with Crippen LogP contribution in [0.1, 0.15) is 42.3 Å². The van der Waals surface area contributed by atoms with Crippen LogP contribution in [0.3, 0.4) is 0 Å². The summed E-state index contributed by atoms with van der Waals surface area (Å²) in [4.78, 5) is 0. The van der Waals surface area contributed by atoms with Gasteiger partial charge >= 0.3 is 0 Å². The third-order valence-electron chi connectivity index (χ3n) is 3.95. The fourth-order valence-electron chi connectivity index (χ4n) is 2.46. The summed E-state index contributed by atoms with van der Waals surface area (Å²) in [6.07, 6.45) is 4.07. The first-order chi connectivity index (χ1) is 9.35. The number of rotatable bonds is 8.